The van der Waals surface area contributed by atoms with Crippen molar-refractivity contribution in [2.75, 3.05) is 20.3 Å². The van der Waals surface area contributed by atoms with Crippen molar-refractivity contribution in [1.82, 2.24) is 4.57 Å². The van der Waals surface area contributed by atoms with Gasteiger partial charge in [-0.2, -0.15) is 0 Å². The maximum Gasteiger partial charge on any atom is 0.338 e. The van der Waals surface area contributed by atoms with Crippen molar-refractivity contribution in [2.45, 2.75) is 26.8 Å². The van der Waals surface area contributed by atoms with Gasteiger partial charge in [0.15, 0.2) is 4.80 Å². The van der Waals surface area contributed by atoms with E-state index in [0.717, 1.165) is 16.9 Å². The molecule has 0 aliphatic carbocycles. The number of methoxy groups -OCH3 is 1. The lowest BCUT2D eigenvalue weighted by molar-refractivity contribution is -0.139. The number of carbonyl (C=O) groups excluding carboxylic acids is 1. The summed E-state index contributed by atoms with van der Waals surface area (Å²) in [5.41, 5.74) is 2.28. The molecule has 1 aromatic heterocycles. The van der Waals surface area contributed by atoms with Crippen LogP contribution in [-0.4, -0.2) is 30.9 Å². The number of aromatic nitrogens is 1. The van der Waals surface area contributed by atoms with Crippen LogP contribution in [0.4, 0.5) is 0 Å². The van der Waals surface area contributed by atoms with Gasteiger partial charge in [0.25, 0.3) is 5.56 Å². The minimum atomic E-state index is -0.655. The van der Waals surface area contributed by atoms with Crippen LogP contribution in [0, 0.1) is 0 Å². The molecule has 1 atom stereocenters. The molecule has 4 rings (SSSR count). The highest BCUT2D eigenvalue weighted by Gasteiger charge is 2.33. The molecule has 176 valence electrons. The van der Waals surface area contributed by atoms with E-state index < -0.39 is 12.0 Å². The molecule has 0 N–H and O–H groups in total. The standard InChI is InChI=1S/C26H26N2O5S/c1-5-32-20-9-7-8-17(14-20)15-21-24(29)28-23(18-10-12-19(31-4)13-11-18)22(25(30)33-6-2)16(3)27-26(28)34-21/h7-15,23H,5-6H2,1-4H3/b21-15-. The van der Waals surface area contributed by atoms with Crippen LogP contribution in [0.2, 0.25) is 0 Å². The second-order valence-electron chi connectivity index (χ2n) is 7.58. The first kappa shape index (κ1) is 23.5. The first-order valence-corrected chi connectivity index (χ1v) is 11.8. The van der Waals surface area contributed by atoms with E-state index in [1.807, 2.05) is 61.5 Å². The van der Waals surface area contributed by atoms with E-state index in [1.165, 1.54) is 11.3 Å². The summed E-state index contributed by atoms with van der Waals surface area (Å²) in [5.74, 6) is 0.938. The molecule has 0 saturated carbocycles. The van der Waals surface area contributed by atoms with Gasteiger partial charge in [-0.25, -0.2) is 9.79 Å². The molecular formula is C26H26N2O5S. The lowest BCUT2D eigenvalue weighted by atomic mass is 9.96. The van der Waals surface area contributed by atoms with E-state index in [-0.39, 0.29) is 12.2 Å². The van der Waals surface area contributed by atoms with Gasteiger partial charge < -0.3 is 14.2 Å². The number of hydrogen-bond donors (Lipinski definition) is 0. The van der Waals surface area contributed by atoms with Crippen LogP contribution in [-0.2, 0) is 9.53 Å². The molecule has 1 aliphatic rings. The summed E-state index contributed by atoms with van der Waals surface area (Å²) in [4.78, 5) is 31.7. The number of rotatable bonds is 7. The van der Waals surface area contributed by atoms with Crippen molar-refractivity contribution < 1.29 is 19.0 Å². The molecule has 0 fully saturated rings. The molecule has 0 bridgehead atoms. The number of thiazole rings is 1. The van der Waals surface area contributed by atoms with E-state index >= 15 is 0 Å². The maximum absolute atomic E-state index is 13.6. The summed E-state index contributed by atoms with van der Waals surface area (Å²) in [6, 6.07) is 14.2. The van der Waals surface area contributed by atoms with E-state index in [4.69, 9.17) is 14.2 Å². The van der Waals surface area contributed by atoms with Crippen LogP contribution in [0.25, 0.3) is 6.08 Å². The number of ether oxygens (including phenoxy) is 3. The summed E-state index contributed by atoms with van der Waals surface area (Å²) >= 11 is 1.29. The van der Waals surface area contributed by atoms with Crippen molar-refractivity contribution in [2.24, 2.45) is 4.99 Å². The quantitative estimate of drug-likeness (QED) is 0.488. The normalized spacial score (nSPS) is 15.5. The number of benzene rings is 2. The van der Waals surface area contributed by atoms with E-state index in [0.29, 0.717) is 33.0 Å². The summed E-state index contributed by atoms with van der Waals surface area (Å²) in [5, 5.41) is 0. The van der Waals surface area contributed by atoms with Crippen molar-refractivity contribution in [3.63, 3.8) is 0 Å². The van der Waals surface area contributed by atoms with Crippen molar-refractivity contribution >= 4 is 23.4 Å². The Morgan fingerprint density at radius 1 is 1.12 bits per heavy atom. The number of esters is 1. The monoisotopic (exact) mass is 478 g/mol. The zero-order valence-electron chi connectivity index (χ0n) is 19.5. The van der Waals surface area contributed by atoms with Gasteiger partial charge in [-0.3, -0.25) is 9.36 Å². The summed E-state index contributed by atoms with van der Waals surface area (Å²) < 4.78 is 18.3. The van der Waals surface area contributed by atoms with Gasteiger partial charge in [-0.1, -0.05) is 35.6 Å². The molecule has 2 aromatic carbocycles. The van der Waals surface area contributed by atoms with Crippen LogP contribution in [0.1, 0.15) is 37.9 Å². The van der Waals surface area contributed by atoms with Crippen LogP contribution in [0.5, 0.6) is 11.5 Å². The van der Waals surface area contributed by atoms with Crippen LogP contribution in [0.3, 0.4) is 0 Å². The number of hydrogen-bond acceptors (Lipinski definition) is 7. The Morgan fingerprint density at radius 3 is 2.56 bits per heavy atom. The second kappa shape index (κ2) is 10.1. The molecule has 0 amide bonds. The van der Waals surface area contributed by atoms with Gasteiger partial charge in [-0.05, 0) is 62.2 Å². The fraction of sp³-hybridized carbons (Fsp3) is 0.269. The third kappa shape index (κ3) is 4.54. The van der Waals surface area contributed by atoms with Crippen LogP contribution >= 0.6 is 11.3 Å². The zero-order valence-corrected chi connectivity index (χ0v) is 20.3. The minimum Gasteiger partial charge on any atom is -0.497 e. The van der Waals surface area contributed by atoms with Crippen molar-refractivity contribution in [3.05, 3.63) is 90.6 Å². The number of fused-ring (bicyclic) bond motifs is 1. The number of carbonyl (C=O) groups is 1. The van der Waals surface area contributed by atoms with Gasteiger partial charge in [0.05, 0.1) is 42.2 Å². The molecule has 7 nitrogen and oxygen atoms in total. The van der Waals surface area contributed by atoms with Crippen molar-refractivity contribution in [1.29, 1.82) is 0 Å². The SMILES string of the molecule is CCOC(=O)C1=C(C)N=c2s/c(=C\c3cccc(OCC)c3)c(=O)n2C1c1ccc(OC)cc1. The molecule has 0 radical (unpaired) electrons. The van der Waals surface area contributed by atoms with E-state index in [9.17, 15) is 9.59 Å². The smallest absolute Gasteiger partial charge is 0.338 e. The predicted octanol–water partition coefficient (Wildman–Crippen LogP) is 3.21. The molecular weight excluding hydrogens is 452 g/mol. The van der Waals surface area contributed by atoms with E-state index in [1.54, 1.807) is 25.5 Å². The fourth-order valence-corrected chi connectivity index (χ4v) is 4.95. The van der Waals surface area contributed by atoms with Crippen LogP contribution in [0.15, 0.2) is 69.6 Å². The third-order valence-electron chi connectivity index (χ3n) is 5.42. The van der Waals surface area contributed by atoms with E-state index in [2.05, 4.69) is 4.99 Å². The molecule has 0 saturated heterocycles. The molecule has 2 heterocycles. The Balaban J connectivity index is 1.90. The Morgan fingerprint density at radius 2 is 1.88 bits per heavy atom. The number of nitrogens with zero attached hydrogens (tertiary/aromatic N) is 2. The Labute approximate surface area is 201 Å². The van der Waals surface area contributed by atoms with Gasteiger partial charge >= 0.3 is 5.97 Å². The van der Waals surface area contributed by atoms with Gasteiger partial charge in [0.1, 0.15) is 11.5 Å². The van der Waals surface area contributed by atoms with Crippen molar-refractivity contribution in [3.8, 4) is 11.5 Å². The minimum absolute atomic E-state index is 0.222. The fourth-order valence-electron chi connectivity index (χ4n) is 3.91. The lowest BCUT2D eigenvalue weighted by Crippen LogP contribution is -2.39. The topological polar surface area (TPSA) is 79.1 Å². The van der Waals surface area contributed by atoms with Crippen LogP contribution < -0.4 is 24.4 Å². The highest BCUT2D eigenvalue weighted by molar-refractivity contribution is 7.07. The molecule has 3 aromatic rings. The molecule has 0 spiro atoms. The third-order valence-corrected chi connectivity index (χ3v) is 6.40. The Hall–Kier alpha value is -3.65. The zero-order chi connectivity index (χ0) is 24.2. The van der Waals surface area contributed by atoms with Gasteiger partial charge in [0.2, 0.25) is 0 Å². The first-order valence-electron chi connectivity index (χ1n) is 11.0. The number of allylic oxidation sites excluding steroid dienone is 1. The summed E-state index contributed by atoms with van der Waals surface area (Å²) in [6.07, 6.45) is 1.82. The van der Waals surface area contributed by atoms with Gasteiger partial charge in [0, 0.05) is 0 Å². The molecule has 34 heavy (non-hydrogen) atoms. The Kier molecular flexibility index (Phi) is 6.98. The lowest BCUT2D eigenvalue weighted by Gasteiger charge is -2.24. The Bertz CT molecular complexity index is 1420. The highest BCUT2D eigenvalue weighted by atomic mass is 32.1. The maximum atomic E-state index is 13.6. The summed E-state index contributed by atoms with van der Waals surface area (Å²) in [7, 11) is 1.59. The molecule has 8 heteroatoms. The molecule has 1 aliphatic heterocycles. The summed E-state index contributed by atoms with van der Waals surface area (Å²) in [6.45, 7) is 6.23. The predicted molar refractivity (Wildman–Crippen MR) is 131 cm³/mol. The first-order chi connectivity index (χ1) is 16.5. The average Bonchev–Trinajstić information content (AvgIpc) is 3.13. The molecule has 1 unspecified atom stereocenters. The largest absolute Gasteiger partial charge is 0.497 e. The second-order valence-corrected chi connectivity index (χ2v) is 8.59. The highest BCUT2D eigenvalue weighted by Crippen LogP contribution is 2.31. The van der Waals surface area contributed by atoms with Gasteiger partial charge in [-0.15, -0.1) is 0 Å². The average molecular weight is 479 g/mol.